The number of aliphatic hydroxyl groups excluding tert-OH is 1. The van der Waals surface area contributed by atoms with E-state index in [1.165, 1.54) is 0 Å². The third-order valence-corrected chi connectivity index (χ3v) is 3.52. The molecule has 0 fully saturated rings. The number of nitrogens with one attached hydrogen (secondary N) is 1. The number of aliphatic hydroxyl groups is 1. The van der Waals surface area contributed by atoms with E-state index in [4.69, 9.17) is 11.6 Å². The van der Waals surface area contributed by atoms with Gasteiger partial charge in [0.25, 0.3) is 5.09 Å². The first-order valence-corrected chi connectivity index (χ1v) is 7.19. The fourth-order valence-electron chi connectivity index (χ4n) is 1.87. The zero-order valence-electron chi connectivity index (χ0n) is 12.6. The van der Waals surface area contributed by atoms with Gasteiger partial charge in [0.1, 0.15) is 12.8 Å². The lowest BCUT2D eigenvalue weighted by Crippen LogP contribution is -2.40. The van der Waals surface area contributed by atoms with Gasteiger partial charge in [0.05, 0.1) is 11.4 Å². The zero-order valence-corrected chi connectivity index (χ0v) is 13.4. The van der Waals surface area contributed by atoms with Crippen molar-refractivity contribution < 1.29 is 15.0 Å². The standard InChI is InChI=1S/C14H17ClN4O4/c1-14(2,9-23-19(21)22)13(20)17-11-5-4-10(15)8-12(11)18-7-3-6-16-18/h3-8,13,17,20H,9H2,1-2H3. The Balaban J connectivity index is 2.21. The van der Waals surface area contributed by atoms with Gasteiger partial charge in [-0.05, 0) is 24.3 Å². The lowest BCUT2D eigenvalue weighted by molar-refractivity contribution is -0.761. The highest BCUT2D eigenvalue weighted by atomic mass is 35.5. The van der Waals surface area contributed by atoms with Crippen LogP contribution in [0.4, 0.5) is 5.69 Å². The van der Waals surface area contributed by atoms with Crippen molar-refractivity contribution in [2.45, 2.75) is 20.1 Å². The molecular formula is C14H17ClN4O4. The summed E-state index contributed by atoms with van der Waals surface area (Å²) in [6.07, 6.45) is 2.28. The first kappa shape index (κ1) is 17.0. The predicted octanol–water partition coefficient (Wildman–Crippen LogP) is 2.49. The fraction of sp³-hybridized carbons (Fsp3) is 0.357. The number of hydrogen-bond acceptors (Lipinski definition) is 6. The summed E-state index contributed by atoms with van der Waals surface area (Å²) in [5.74, 6) is 0. The molecule has 9 heteroatoms. The second kappa shape index (κ2) is 6.84. The number of rotatable bonds is 7. The second-order valence-electron chi connectivity index (χ2n) is 5.64. The molecule has 0 amide bonds. The topological polar surface area (TPSA) is 102 Å². The summed E-state index contributed by atoms with van der Waals surface area (Å²) in [5.41, 5.74) is 0.334. The van der Waals surface area contributed by atoms with Crippen LogP contribution < -0.4 is 5.32 Å². The van der Waals surface area contributed by atoms with E-state index in [0.717, 1.165) is 0 Å². The van der Waals surface area contributed by atoms with Crippen molar-refractivity contribution >= 4 is 17.3 Å². The van der Waals surface area contributed by atoms with Gasteiger partial charge in [0, 0.05) is 22.8 Å². The maximum absolute atomic E-state index is 10.4. The highest BCUT2D eigenvalue weighted by Gasteiger charge is 2.30. The van der Waals surface area contributed by atoms with Gasteiger partial charge in [0.15, 0.2) is 0 Å². The van der Waals surface area contributed by atoms with E-state index in [1.807, 2.05) is 0 Å². The van der Waals surface area contributed by atoms with Gasteiger partial charge in [-0.1, -0.05) is 25.4 Å². The van der Waals surface area contributed by atoms with Crippen LogP contribution in [0.25, 0.3) is 5.69 Å². The number of hydrogen-bond donors (Lipinski definition) is 2. The van der Waals surface area contributed by atoms with Crippen LogP contribution in [-0.2, 0) is 4.84 Å². The van der Waals surface area contributed by atoms with E-state index >= 15 is 0 Å². The molecule has 2 aromatic rings. The largest absolute Gasteiger partial charge is 0.373 e. The van der Waals surface area contributed by atoms with E-state index in [-0.39, 0.29) is 6.61 Å². The molecule has 0 aliphatic carbocycles. The van der Waals surface area contributed by atoms with Gasteiger partial charge in [-0.3, -0.25) is 0 Å². The summed E-state index contributed by atoms with van der Waals surface area (Å²) in [5, 5.41) is 27.4. The lowest BCUT2D eigenvalue weighted by Gasteiger charge is -2.31. The molecule has 0 aliphatic heterocycles. The first-order valence-electron chi connectivity index (χ1n) is 6.81. The van der Waals surface area contributed by atoms with Gasteiger partial charge in [-0.15, -0.1) is 10.1 Å². The molecule has 1 aromatic heterocycles. The van der Waals surface area contributed by atoms with Gasteiger partial charge >= 0.3 is 0 Å². The summed E-state index contributed by atoms with van der Waals surface area (Å²) < 4.78 is 1.60. The summed E-state index contributed by atoms with van der Waals surface area (Å²) in [6, 6.07) is 6.83. The molecule has 0 spiro atoms. The van der Waals surface area contributed by atoms with Gasteiger partial charge < -0.3 is 15.3 Å². The van der Waals surface area contributed by atoms with Crippen molar-refractivity contribution in [3.8, 4) is 5.69 Å². The van der Waals surface area contributed by atoms with Crippen LogP contribution in [0.5, 0.6) is 0 Å². The smallest absolute Gasteiger partial charge is 0.294 e. The maximum Gasteiger partial charge on any atom is 0.294 e. The minimum absolute atomic E-state index is 0.251. The molecule has 2 N–H and O–H groups in total. The SMILES string of the molecule is CC(C)(CO[N+](=O)[O-])C(O)Nc1ccc(Cl)cc1-n1cccn1. The van der Waals surface area contributed by atoms with E-state index in [9.17, 15) is 15.2 Å². The quantitative estimate of drug-likeness (QED) is 0.456. The van der Waals surface area contributed by atoms with Crippen molar-refractivity contribution in [1.29, 1.82) is 0 Å². The normalized spacial score (nSPS) is 12.7. The molecular weight excluding hydrogens is 324 g/mol. The lowest BCUT2D eigenvalue weighted by atomic mass is 9.92. The average Bonchev–Trinajstić information content (AvgIpc) is 3.01. The Morgan fingerprint density at radius 1 is 1.57 bits per heavy atom. The highest BCUT2D eigenvalue weighted by Crippen LogP contribution is 2.28. The molecule has 1 unspecified atom stereocenters. The van der Waals surface area contributed by atoms with Crippen LogP contribution in [0.3, 0.4) is 0 Å². The van der Waals surface area contributed by atoms with E-state index < -0.39 is 16.7 Å². The molecule has 23 heavy (non-hydrogen) atoms. The Labute approximate surface area is 137 Å². The molecule has 0 saturated heterocycles. The van der Waals surface area contributed by atoms with Crippen molar-refractivity contribution in [3.05, 3.63) is 51.8 Å². The Hall–Kier alpha value is -2.32. The third-order valence-electron chi connectivity index (χ3n) is 3.29. The molecule has 0 radical (unpaired) electrons. The summed E-state index contributed by atoms with van der Waals surface area (Å²) >= 11 is 6.02. The molecule has 0 bridgehead atoms. The average molecular weight is 341 g/mol. The van der Waals surface area contributed by atoms with Crippen molar-refractivity contribution in [2.75, 3.05) is 11.9 Å². The monoisotopic (exact) mass is 340 g/mol. The van der Waals surface area contributed by atoms with E-state index in [2.05, 4.69) is 15.3 Å². The minimum atomic E-state index is -1.09. The highest BCUT2D eigenvalue weighted by molar-refractivity contribution is 6.30. The molecule has 124 valence electrons. The van der Waals surface area contributed by atoms with Crippen LogP contribution in [0, 0.1) is 15.5 Å². The predicted molar refractivity (Wildman–Crippen MR) is 84.9 cm³/mol. The van der Waals surface area contributed by atoms with Gasteiger partial charge in [-0.25, -0.2) is 4.68 Å². The molecule has 2 rings (SSSR count). The van der Waals surface area contributed by atoms with E-state index in [1.54, 1.807) is 55.2 Å². The van der Waals surface area contributed by atoms with Crippen LogP contribution in [0.2, 0.25) is 5.02 Å². The molecule has 0 saturated carbocycles. The van der Waals surface area contributed by atoms with Crippen LogP contribution in [-0.4, -0.2) is 32.8 Å². The first-order chi connectivity index (χ1) is 10.8. The van der Waals surface area contributed by atoms with Gasteiger partial charge in [0.2, 0.25) is 0 Å². The van der Waals surface area contributed by atoms with Crippen molar-refractivity contribution in [3.63, 3.8) is 0 Å². The Bertz CT molecular complexity index is 675. The minimum Gasteiger partial charge on any atom is -0.373 e. The van der Waals surface area contributed by atoms with Gasteiger partial charge in [-0.2, -0.15) is 5.10 Å². The fourth-order valence-corrected chi connectivity index (χ4v) is 2.03. The Kier molecular flexibility index (Phi) is 5.07. The number of nitrogens with zero attached hydrogens (tertiary/aromatic N) is 3. The van der Waals surface area contributed by atoms with Crippen LogP contribution >= 0.6 is 11.6 Å². The van der Waals surface area contributed by atoms with Crippen LogP contribution in [0.1, 0.15) is 13.8 Å². The zero-order chi connectivity index (χ0) is 17.0. The summed E-state index contributed by atoms with van der Waals surface area (Å²) in [6.45, 7) is 3.05. The number of anilines is 1. The summed E-state index contributed by atoms with van der Waals surface area (Å²) in [7, 11) is 0. The van der Waals surface area contributed by atoms with Crippen molar-refractivity contribution in [1.82, 2.24) is 9.78 Å². The third kappa shape index (κ3) is 4.33. The Morgan fingerprint density at radius 2 is 2.30 bits per heavy atom. The molecule has 1 aromatic carbocycles. The molecule has 0 aliphatic rings. The Morgan fingerprint density at radius 3 is 2.91 bits per heavy atom. The number of halogens is 1. The molecule has 1 heterocycles. The maximum atomic E-state index is 10.4. The summed E-state index contributed by atoms with van der Waals surface area (Å²) in [4.78, 5) is 14.7. The number of benzene rings is 1. The second-order valence-corrected chi connectivity index (χ2v) is 6.08. The van der Waals surface area contributed by atoms with Crippen molar-refractivity contribution in [2.24, 2.45) is 5.41 Å². The molecule has 1 atom stereocenters. The molecule has 8 nitrogen and oxygen atoms in total. The van der Waals surface area contributed by atoms with E-state index in [0.29, 0.717) is 16.4 Å². The van der Waals surface area contributed by atoms with Crippen LogP contribution in [0.15, 0.2) is 36.7 Å². The number of aromatic nitrogens is 2.